The molecule has 2 amide bonds. The van der Waals surface area contributed by atoms with E-state index in [4.69, 9.17) is 4.98 Å². The minimum atomic E-state index is 0.111. The Balaban J connectivity index is 1.55. The number of likely N-dealkylation sites (N-methyl/N-ethyl adjacent to an activating group) is 1. The molecule has 0 atom stereocenters. The molecule has 0 spiro atoms. The molecular weight excluding hydrogens is 348 g/mol. The number of nitrogens with zero attached hydrogens (tertiary/aromatic N) is 4. The van der Waals surface area contributed by atoms with Crippen molar-refractivity contribution in [3.63, 3.8) is 0 Å². The van der Waals surface area contributed by atoms with Gasteiger partial charge in [0, 0.05) is 33.2 Å². The standard InChI is InChI=1S/C23H26N4O/c1-4-27-21-8-6-5-7-20(21)24-22(27)12-11-19-10-9-18(15-17(19)2)16-26-14-13-25(3)23(26)28/h5-12,15H,4,13-14,16H2,1-3H3/b12-11+. The van der Waals surface area contributed by atoms with Crippen LogP contribution in [0.25, 0.3) is 23.2 Å². The highest BCUT2D eigenvalue weighted by molar-refractivity contribution is 5.80. The van der Waals surface area contributed by atoms with E-state index in [1.807, 2.05) is 18.0 Å². The number of aryl methyl sites for hydroxylation is 2. The number of amides is 2. The maximum Gasteiger partial charge on any atom is 0.320 e. The van der Waals surface area contributed by atoms with Crippen LogP contribution in [0.4, 0.5) is 4.79 Å². The summed E-state index contributed by atoms with van der Waals surface area (Å²) in [6.07, 6.45) is 4.21. The topological polar surface area (TPSA) is 41.4 Å². The summed E-state index contributed by atoms with van der Waals surface area (Å²) >= 11 is 0. The number of benzene rings is 2. The van der Waals surface area contributed by atoms with Crippen LogP contribution in [-0.2, 0) is 13.1 Å². The average Bonchev–Trinajstić information content (AvgIpc) is 3.21. The van der Waals surface area contributed by atoms with Crippen molar-refractivity contribution in [2.75, 3.05) is 20.1 Å². The number of hydrogen-bond acceptors (Lipinski definition) is 2. The third-order valence-electron chi connectivity index (χ3n) is 5.42. The summed E-state index contributed by atoms with van der Waals surface area (Å²) in [5.41, 5.74) is 5.73. The van der Waals surface area contributed by atoms with E-state index >= 15 is 0 Å². The second-order valence-corrected chi connectivity index (χ2v) is 7.35. The van der Waals surface area contributed by atoms with Crippen LogP contribution in [0.3, 0.4) is 0 Å². The molecule has 5 heteroatoms. The molecular formula is C23H26N4O. The fourth-order valence-electron chi connectivity index (χ4n) is 3.81. The van der Waals surface area contributed by atoms with E-state index in [1.165, 1.54) is 16.7 Å². The maximum atomic E-state index is 12.1. The summed E-state index contributed by atoms with van der Waals surface area (Å²) in [5, 5.41) is 0. The summed E-state index contributed by atoms with van der Waals surface area (Å²) in [6.45, 7) is 7.41. The Morgan fingerprint density at radius 1 is 1.11 bits per heavy atom. The van der Waals surface area contributed by atoms with Crippen LogP contribution in [0.15, 0.2) is 42.5 Å². The Kier molecular flexibility index (Phi) is 4.90. The van der Waals surface area contributed by atoms with Crippen molar-refractivity contribution < 1.29 is 4.79 Å². The summed E-state index contributed by atoms with van der Waals surface area (Å²) in [4.78, 5) is 20.5. The van der Waals surface area contributed by atoms with E-state index in [9.17, 15) is 4.79 Å². The van der Waals surface area contributed by atoms with Gasteiger partial charge in [0.05, 0.1) is 11.0 Å². The van der Waals surface area contributed by atoms with E-state index in [0.717, 1.165) is 36.5 Å². The second kappa shape index (κ2) is 7.50. The Morgan fingerprint density at radius 3 is 2.64 bits per heavy atom. The van der Waals surface area contributed by atoms with E-state index in [-0.39, 0.29) is 6.03 Å². The molecule has 0 N–H and O–H groups in total. The number of carbonyl (C=O) groups excluding carboxylic acids is 1. The molecule has 0 saturated carbocycles. The summed E-state index contributed by atoms with van der Waals surface area (Å²) in [5.74, 6) is 0.970. The van der Waals surface area contributed by atoms with Crippen LogP contribution in [0.2, 0.25) is 0 Å². The molecule has 1 fully saturated rings. The highest BCUT2D eigenvalue weighted by atomic mass is 16.2. The van der Waals surface area contributed by atoms with Gasteiger partial charge in [0.1, 0.15) is 5.82 Å². The van der Waals surface area contributed by atoms with Gasteiger partial charge in [0.2, 0.25) is 0 Å². The average molecular weight is 374 g/mol. The SMILES string of the molecule is CCn1c(/C=C/c2ccc(CN3CCN(C)C3=O)cc2C)nc2ccccc21. The third kappa shape index (κ3) is 3.40. The number of fused-ring (bicyclic) bond motifs is 1. The van der Waals surface area contributed by atoms with E-state index in [0.29, 0.717) is 6.54 Å². The van der Waals surface area contributed by atoms with Crippen molar-refractivity contribution in [1.82, 2.24) is 19.4 Å². The number of carbonyl (C=O) groups is 1. The first-order chi connectivity index (χ1) is 13.6. The molecule has 144 valence electrons. The number of para-hydroxylation sites is 2. The number of imidazole rings is 1. The van der Waals surface area contributed by atoms with E-state index in [1.54, 1.807) is 4.90 Å². The number of aromatic nitrogens is 2. The van der Waals surface area contributed by atoms with Gasteiger partial charge in [-0.1, -0.05) is 36.4 Å². The minimum absolute atomic E-state index is 0.111. The largest absolute Gasteiger partial charge is 0.326 e. The van der Waals surface area contributed by atoms with Crippen LogP contribution in [0.1, 0.15) is 29.4 Å². The van der Waals surface area contributed by atoms with Gasteiger partial charge < -0.3 is 14.4 Å². The molecule has 28 heavy (non-hydrogen) atoms. The van der Waals surface area contributed by atoms with Gasteiger partial charge in [-0.25, -0.2) is 9.78 Å². The smallest absolute Gasteiger partial charge is 0.320 e. The Morgan fingerprint density at radius 2 is 1.93 bits per heavy atom. The normalized spacial score (nSPS) is 14.8. The predicted octanol–water partition coefficient (Wildman–Crippen LogP) is 4.40. The summed E-state index contributed by atoms with van der Waals surface area (Å²) in [6, 6.07) is 14.8. The molecule has 4 rings (SSSR count). The van der Waals surface area contributed by atoms with Gasteiger partial charge in [-0.15, -0.1) is 0 Å². The zero-order valence-corrected chi connectivity index (χ0v) is 16.7. The van der Waals surface area contributed by atoms with E-state index in [2.05, 4.69) is 67.0 Å². The highest BCUT2D eigenvalue weighted by Gasteiger charge is 2.24. The van der Waals surface area contributed by atoms with Crippen molar-refractivity contribution in [2.24, 2.45) is 0 Å². The van der Waals surface area contributed by atoms with Crippen LogP contribution >= 0.6 is 0 Å². The number of urea groups is 1. The molecule has 1 aliphatic heterocycles. The molecule has 0 radical (unpaired) electrons. The Bertz CT molecular complexity index is 1050. The number of rotatable bonds is 5. The first-order valence-corrected chi connectivity index (χ1v) is 9.79. The van der Waals surface area contributed by atoms with Gasteiger partial charge in [-0.2, -0.15) is 0 Å². The van der Waals surface area contributed by atoms with Crippen LogP contribution in [0.5, 0.6) is 0 Å². The van der Waals surface area contributed by atoms with Crippen LogP contribution in [-0.4, -0.2) is 45.5 Å². The first kappa shape index (κ1) is 18.3. The van der Waals surface area contributed by atoms with Crippen molar-refractivity contribution in [1.29, 1.82) is 0 Å². The Hall–Kier alpha value is -3.08. The van der Waals surface area contributed by atoms with Crippen molar-refractivity contribution in [3.05, 3.63) is 65.0 Å². The van der Waals surface area contributed by atoms with Crippen LogP contribution < -0.4 is 0 Å². The molecule has 1 saturated heterocycles. The lowest BCUT2D eigenvalue weighted by atomic mass is 10.0. The van der Waals surface area contributed by atoms with Gasteiger partial charge >= 0.3 is 6.03 Å². The summed E-state index contributed by atoms with van der Waals surface area (Å²) in [7, 11) is 1.85. The monoisotopic (exact) mass is 374 g/mol. The van der Waals surface area contributed by atoms with E-state index < -0.39 is 0 Å². The molecule has 0 aliphatic carbocycles. The second-order valence-electron chi connectivity index (χ2n) is 7.35. The molecule has 3 aromatic rings. The molecule has 2 aromatic carbocycles. The van der Waals surface area contributed by atoms with Gasteiger partial charge in [-0.3, -0.25) is 0 Å². The fourth-order valence-corrected chi connectivity index (χ4v) is 3.81. The third-order valence-corrected chi connectivity index (χ3v) is 5.42. The zero-order valence-electron chi connectivity index (χ0n) is 16.7. The lowest BCUT2D eigenvalue weighted by Crippen LogP contribution is -2.28. The molecule has 1 aliphatic rings. The van der Waals surface area contributed by atoms with Crippen molar-refractivity contribution in [2.45, 2.75) is 26.9 Å². The van der Waals surface area contributed by atoms with Crippen molar-refractivity contribution >= 4 is 29.2 Å². The van der Waals surface area contributed by atoms with Gasteiger partial charge in [-0.05, 0) is 48.7 Å². The molecule has 5 nitrogen and oxygen atoms in total. The van der Waals surface area contributed by atoms with Gasteiger partial charge in [0.15, 0.2) is 0 Å². The van der Waals surface area contributed by atoms with Gasteiger partial charge in [0.25, 0.3) is 0 Å². The Labute approximate surface area is 165 Å². The molecule has 0 bridgehead atoms. The van der Waals surface area contributed by atoms with Crippen molar-refractivity contribution in [3.8, 4) is 0 Å². The quantitative estimate of drug-likeness (QED) is 0.664. The lowest BCUT2D eigenvalue weighted by Gasteiger charge is -2.16. The summed E-state index contributed by atoms with van der Waals surface area (Å²) < 4.78 is 2.23. The van der Waals surface area contributed by atoms with Crippen LogP contribution in [0, 0.1) is 6.92 Å². The lowest BCUT2D eigenvalue weighted by molar-refractivity contribution is 0.197. The number of hydrogen-bond donors (Lipinski definition) is 0. The molecule has 0 unspecified atom stereocenters. The maximum absolute atomic E-state index is 12.1. The predicted molar refractivity (Wildman–Crippen MR) is 114 cm³/mol. The molecule has 1 aromatic heterocycles. The fraction of sp³-hybridized carbons (Fsp3) is 0.304. The zero-order chi connectivity index (χ0) is 19.7. The minimum Gasteiger partial charge on any atom is -0.326 e. The first-order valence-electron chi connectivity index (χ1n) is 9.79. The molecule has 2 heterocycles. The highest BCUT2D eigenvalue weighted by Crippen LogP contribution is 2.20.